The minimum Gasteiger partial charge on any atom is -0.385 e. The molecule has 0 unspecified atom stereocenters. The molecule has 32 heavy (non-hydrogen) atoms. The van der Waals surface area contributed by atoms with Crippen molar-refractivity contribution in [3.8, 4) is 0 Å². The van der Waals surface area contributed by atoms with Crippen LogP contribution in [0.5, 0.6) is 0 Å². The normalized spacial score (nSPS) is 13.6. The summed E-state index contributed by atoms with van der Waals surface area (Å²) in [6.07, 6.45) is 24.1. The second-order valence-corrected chi connectivity index (χ2v) is 10.4. The van der Waals surface area contributed by atoms with Gasteiger partial charge in [0, 0.05) is 30.9 Å². The van der Waals surface area contributed by atoms with Crippen LogP contribution in [0.2, 0.25) is 0 Å². The lowest BCUT2D eigenvalue weighted by atomic mass is 10.0. The molecule has 1 aliphatic rings. The van der Waals surface area contributed by atoms with E-state index in [0.29, 0.717) is 0 Å². The smallest absolute Gasteiger partial charge is 0.253 e. The SMILES string of the molecule is CSCCCCCCCCCCCCCCCCNc1ccc(C(=O)N2CCCC2)cc1. The molecule has 1 heterocycles. The Morgan fingerprint density at radius 1 is 0.750 bits per heavy atom. The van der Waals surface area contributed by atoms with Crippen LogP contribution in [0.25, 0.3) is 0 Å². The lowest BCUT2D eigenvalue weighted by molar-refractivity contribution is 0.0793. The third kappa shape index (κ3) is 12.2. The standard InChI is InChI=1S/C28H48N2OS/c1-32-25-17-13-11-9-7-5-3-2-4-6-8-10-12-14-22-29-27-20-18-26(19-21-27)28(31)30-23-15-16-24-30/h18-21,29H,2-17,22-25H2,1H3. The van der Waals surface area contributed by atoms with Gasteiger partial charge in [-0.05, 0) is 62.0 Å². The van der Waals surface area contributed by atoms with Crippen molar-refractivity contribution in [2.75, 3.05) is 37.0 Å². The minimum absolute atomic E-state index is 0.186. The molecule has 0 spiro atoms. The van der Waals surface area contributed by atoms with E-state index in [9.17, 15) is 4.79 Å². The van der Waals surface area contributed by atoms with Crippen molar-refractivity contribution in [3.05, 3.63) is 29.8 Å². The zero-order valence-corrected chi connectivity index (χ0v) is 21.5. The average Bonchev–Trinajstić information content (AvgIpc) is 3.36. The number of amides is 1. The van der Waals surface area contributed by atoms with Crippen LogP contribution in [0.15, 0.2) is 24.3 Å². The highest BCUT2D eigenvalue weighted by Crippen LogP contribution is 2.16. The molecule has 1 aromatic carbocycles. The van der Waals surface area contributed by atoms with Crippen molar-refractivity contribution in [3.63, 3.8) is 0 Å². The van der Waals surface area contributed by atoms with Gasteiger partial charge in [0.2, 0.25) is 0 Å². The van der Waals surface area contributed by atoms with E-state index in [1.165, 1.54) is 95.6 Å². The summed E-state index contributed by atoms with van der Waals surface area (Å²) in [6, 6.07) is 8.04. The molecule has 1 saturated heterocycles. The van der Waals surface area contributed by atoms with Crippen LogP contribution >= 0.6 is 11.8 Å². The maximum atomic E-state index is 12.4. The summed E-state index contributed by atoms with van der Waals surface area (Å²) in [4.78, 5) is 14.4. The van der Waals surface area contributed by atoms with E-state index in [1.54, 1.807) is 0 Å². The number of hydrogen-bond donors (Lipinski definition) is 1. The maximum absolute atomic E-state index is 12.4. The molecule has 0 aromatic heterocycles. The van der Waals surface area contributed by atoms with Gasteiger partial charge in [-0.1, -0.05) is 77.0 Å². The number of rotatable bonds is 19. The number of unbranched alkanes of at least 4 members (excludes halogenated alkanes) is 13. The molecular weight excluding hydrogens is 412 g/mol. The number of nitrogens with zero attached hydrogens (tertiary/aromatic N) is 1. The largest absolute Gasteiger partial charge is 0.385 e. The van der Waals surface area contributed by atoms with Gasteiger partial charge in [-0.15, -0.1) is 0 Å². The number of hydrogen-bond acceptors (Lipinski definition) is 3. The van der Waals surface area contributed by atoms with E-state index >= 15 is 0 Å². The molecule has 0 bridgehead atoms. The van der Waals surface area contributed by atoms with E-state index in [1.807, 2.05) is 28.8 Å². The predicted octanol–water partition coefficient (Wildman–Crippen LogP) is 8.16. The van der Waals surface area contributed by atoms with E-state index in [2.05, 4.69) is 23.7 Å². The van der Waals surface area contributed by atoms with Crippen molar-refractivity contribution < 1.29 is 4.79 Å². The Balaban J connectivity index is 1.35. The highest BCUT2D eigenvalue weighted by Gasteiger charge is 2.18. The summed E-state index contributed by atoms with van der Waals surface area (Å²) in [6.45, 7) is 2.85. The molecule has 3 nitrogen and oxygen atoms in total. The summed E-state index contributed by atoms with van der Waals surface area (Å²) >= 11 is 1.98. The lowest BCUT2D eigenvalue weighted by Gasteiger charge is -2.15. The first-order valence-corrected chi connectivity index (χ1v) is 14.8. The van der Waals surface area contributed by atoms with Crippen LogP contribution in [0, 0.1) is 0 Å². The molecule has 1 amide bonds. The zero-order valence-electron chi connectivity index (χ0n) is 20.7. The van der Waals surface area contributed by atoms with Crippen LogP contribution in [-0.4, -0.2) is 42.4 Å². The summed E-state index contributed by atoms with van der Waals surface area (Å²) in [5.74, 6) is 1.53. The first-order chi connectivity index (χ1) is 15.8. The Kier molecular flexibility index (Phi) is 15.5. The van der Waals surface area contributed by atoms with E-state index in [4.69, 9.17) is 0 Å². The Bertz CT molecular complexity index is 584. The van der Waals surface area contributed by atoms with Crippen molar-refractivity contribution >= 4 is 23.4 Å². The summed E-state index contributed by atoms with van der Waals surface area (Å²) in [5.41, 5.74) is 1.95. The minimum atomic E-state index is 0.186. The third-order valence-electron chi connectivity index (χ3n) is 6.63. The summed E-state index contributed by atoms with van der Waals surface area (Å²) in [7, 11) is 0. The quantitative estimate of drug-likeness (QED) is 0.211. The number of nitrogens with one attached hydrogen (secondary N) is 1. The van der Waals surface area contributed by atoms with Crippen molar-refractivity contribution in [2.24, 2.45) is 0 Å². The third-order valence-corrected chi connectivity index (χ3v) is 7.33. The van der Waals surface area contributed by atoms with Crippen LogP contribution < -0.4 is 5.32 Å². The van der Waals surface area contributed by atoms with Crippen LogP contribution in [-0.2, 0) is 0 Å². The fourth-order valence-electron chi connectivity index (χ4n) is 4.56. The summed E-state index contributed by atoms with van der Waals surface area (Å²) < 4.78 is 0. The molecule has 4 heteroatoms. The van der Waals surface area contributed by atoms with Gasteiger partial charge < -0.3 is 10.2 Å². The second-order valence-electron chi connectivity index (χ2n) is 9.45. The predicted molar refractivity (Wildman–Crippen MR) is 143 cm³/mol. The lowest BCUT2D eigenvalue weighted by Crippen LogP contribution is -2.27. The number of carbonyl (C=O) groups is 1. The Hall–Kier alpha value is -1.16. The van der Waals surface area contributed by atoms with Crippen molar-refractivity contribution in [1.82, 2.24) is 4.90 Å². The zero-order chi connectivity index (χ0) is 22.7. The molecule has 1 aliphatic heterocycles. The number of benzene rings is 1. The topological polar surface area (TPSA) is 32.3 Å². The average molecular weight is 461 g/mol. The van der Waals surface area contributed by atoms with Gasteiger partial charge in [0.1, 0.15) is 0 Å². The molecule has 2 rings (SSSR count). The number of anilines is 1. The first-order valence-electron chi connectivity index (χ1n) is 13.4. The molecule has 0 atom stereocenters. The number of thioether (sulfide) groups is 1. The Morgan fingerprint density at radius 3 is 1.72 bits per heavy atom. The molecule has 1 fully saturated rings. The van der Waals surface area contributed by atoms with Gasteiger partial charge >= 0.3 is 0 Å². The fraction of sp³-hybridized carbons (Fsp3) is 0.750. The summed E-state index contributed by atoms with van der Waals surface area (Å²) in [5, 5.41) is 3.50. The maximum Gasteiger partial charge on any atom is 0.253 e. The van der Waals surface area contributed by atoms with Crippen molar-refractivity contribution in [2.45, 2.75) is 103 Å². The molecule has 1 N–H and O–H groups in total. The molecule has 1 aromatic rings. The van der Waals surface area contributed by atoms with Gasteiger partial charge in [-0.3, -0.25) is 4.79 Å². The monoisotopic (exact) mass is 460 g/mol. The van der Waals surface area contributed by atoms with Gasteiger partial charge in [0.15, 0.2) is 0 Å². The van der Waals surface area contributed by atoms with E-state index < -0.39 is 0 Å². The van der Waals surface area contributed by atoms with Gasteiger partial charge in [-0.2, -0.15) is 11.8 Å². The van der Waals surface area contributed by atoms with Crippen LogP contribution in [0.3, 0.4) is 0 Å². The van der Waals surface area contributed by atoms with E-state index in [-0.39, 0.29) is 5.91 Å². The molecule has 0 saturated carbocycles. The van der Waals surface area contributed by atoms with Gasteiger partial charge in [0.25, 0.3) is 5.91 Å². The fourth-order valence-corrected chi connectivity index (χ4v) is 5.05. The number of likely N-dealkylation sites (tertiary alicyclic amines) is 1. The highest BCUT2D eigenvalue weighted by molar-refractivity contribution is 7.98. The Morgan fingerprint density at radius 2 is 1.22 bits per heavy atom. The second kappa shape index (κ2) is 18.3. The van der Waals surface area contributed by atoms with E-state index in [0.717, 1.165) is 43.7 Å². The molecule has 0 aliphatic carbocycles. The number of carbonyl (C=O) groups excluding carboxylic acids is 1. The van der Waals surface area contributed by atoms with Crippen LogP contribution in [0.4, 0.5) is 5.69 Å². The van der Waals surface area contributed by atoms with Gasteiger partial charge in [0.05, 0.1) is 0 Å². The van der Waals surface area contributed by atoms with Gasteiger partial charge in [-0.25, -0.2) is 0 Å². The highest BCUT2D eigenvalue weighted by atomic mass is 32.2. The molecular formula is C28H48N2OS. The van der Waals surface area contributed by atoms with Crippen LogP contribution in [0.1, 0.15) is 113 Å². The first kappa shape index (κ1) is 27.1. The van der Waals surface area contributed by atoms with Crippen molar-refractivity contribution in [1.29, 1.82) is 0 Å². The molecule has 0 radical (unpaired) electrons. The molecule has 182 valence electrons. The Labute approximate surface area is 202 Å².